The van der Waals surface area contributed by atoms with Crippen LogP contribution in [-0.4, -0.2) is 57.9 Å². The highest BCUT2D eigenvalue weighted by Crippen LogP contribution is 2.03. The predicted molar refractivity (Wildman–Crippen MR) is 198 cm³/mol. The first-order valence-electron chi connectivity index (χ1n) is 17.1. The zero-order valence-electron chi connectivity index (χ0n) is 28.1. The molecule has 49 heavy (non-hydrogen) atoms. The lowest BCUT2D eigenvalue weighted by atomic mass is 10.2. The van der Waals surface area contributed by atoms with Gasteiger partial charge in [-0.1, -0.05) is 109 Å². The first kappa shape index (κ1) is 33.4. The molecule has 0 aliphatic rings. The number of hydrogen-bond acceptors (Lipinski definition) is 4. The summed E-state index contributed by atoms with van der Waals surface area (Å²) in [6.45, 7) is 6.92. The number of nitrogens with zero attached hydrogens (tertiary/aromatic N) is 7. The summed E-state index contributed by atoms with van der Waals surface area (Å²) < 4.78 is 6.64. The Morgan fingerprint density at radius 2 is 0.633 bits per heavy atom. The summed E-state index contributed by atoms with van der Waals surface area (Å²) in [5.74, 6) is 0. The molecule has 0 radical (unpaired) electrons. The Balaban J connectivity index is 1.17. The average Bonchev–Trinajstić information content (AvgIpc) is 3.15. The van der Waals surface area contributed by atoms with E-state index in [0.29, 0.717) is 19.6 Å². The van der Waals surface area contributed by atoms with Gasteiger partial charge in [0.05, 0.1) is 19.6 Å². The number of rotatable bonds is 15. The fourth-order valence-corrected chi connectivity index (χ4v) is 5.83. The Morgan fingerprint density at radius 1 is 0.347 bits per heavy atom. The third-order valence-corrected chi connectivity index (χ3v) is 8.41. The van der Waals surface area contributed by atoms with E-state index in [4.69, 9.17) is 15.0 Å². The zero-order chi connectivity index (χ0) is 33.4. The molecule has 7 heteroatoms. The van der Waals surface area contributed by atoms with E-state index >= 15 is 0 Å². The first-order valence-corrected chi connectivity index (χ1v) is 17.1. The molecule has 0 spiro atoms. The van der Waals surface area contributed by atoms with E-state index in [1.54, 1.807) is 0 Å². The monoisotopic (exact) mass is 647 g/mol. The average molecular weight is 648 g/mol. The summed E-state index contributed by atoms with van der Waals surface area (Å²) in [7, 11) is 0. The summed E-state index contributed by atoms with van der Waals surface area (Å²) >= 11 is 0. The molecule has 248 valence electrons. The molecule has 0 unspecified atom stereocenters. The van der Waals surface area contributed by atoms with Crippen molar-refractivity contribution in [1.82, 2.24) is 18.6 Å². The van der Waals surface area contributed by atoms with Crippen LogP contribution in [0, 0.1) is 0 Å². The lowest BCUT2D eigenvalue weighted by Crippen LogP contribution is -2.34. The Kier molecular flexibility index (Phi) is 12.3. The van der Waals surface area contributed by atoms with Crippen molar-refractivity contribution in [2.24, 2.45) is 15.0 Å². The van der Waals surface area contributed by atoms with Crippen LogP contribution >= 0.6 is 0 Å². The topological polar surface area (TPSA) is 55.1 Å². The van der Waals surface area contributed by atoms with Gasteiger partial charge in [-0.2, -0.15) is 0 Å². The molecule has 0 atom stereocenters. The van der Waals surface area contributed by atoms with Gasteiger partial charge >= 0.3 is 0 Å². The Morgan fingerprint density at radius 3 is 0.939 bits per heavy atom. The predicted octanol–water partition coefficient (Wildman–Crippen LogP) is 5.64. The van der Waals surface area contributed by atoms with Crippen LogP contribution in [0.3, 0.4) is 0 Å². The minimum atomic E-state index is 0.692. The standard InChI is InChI=1S/C42H45N7/c1-4-16-37(17-5-1)34-47-28-13-10-22-40(47)43-25-31-46(32-26-44-41-23-11-14-29-48(41)35-38-18-6-2-7-19-38)33-27-45-42-24-12-15-30-49(42)36-39-20-8-3-9-21-39/h1-24,28-30H,25-27,31-36H2. The maximum Gasteiger partial charge on any atom is 0.127 e. The van der Waals surface area contributed by atoms with E-state index in [1.807, 2.05) is 0 Å². The third kappa shape index (κ3) is 10.5. The SMILES string of the molecule is c1ccc(Cn2ccccc2=NCCN(CCN=c2ccccn2Cc2ccccc2)CCN=c2ccccn2Cc2ccccc2)cc1. The first-order chi connectivity index (χ1) is 24.3. The zero-order valence-corrected chi connectivity index (χ0v) is 28.1. The highest BCUT2D eigenvalue weighted by Gasteiger charge is 2.05. The molecule has 0 fully saturated rings. The largest absolute Gasteiger partial charge is 0.329 e. The number of pyridine rings is 3. The molecule has 0 aliphatic carbocycles. The quantitative estimate of drug-likeness (QED) is 0.142. The minimum Gasteiger partial charge on any atom is -0.329 e. The van der Waals surface area contributed by atoms with Gasteiger partial charge in [-0.05, 0) is 53.1 Å². The molecule has 0 N–H and O–H groups in total. The lowest BCUT2D eigenvalue weighted by Gasteiger charge is -2.20. The summed E-state index contributed by atoms with van der Waals surface area (Å²) in [6, 6.07) is 50.3. The van der Waals surface area contributed by atoms with Crippen molar-refractivity contribution in [3.8, 4) is 0 Å². The van der Waals surface area contributed by atoms with Crippen LogP contribution in [0.15, 0.2) is 179 Å². The van der Waals surface area contributed by atoms with Crippen LogP contribution in [0.4, 0.5) is 0 Å². The summed E-state index contributed by atoms with van der Waals surface area (Å²) in [6.07, 6.45) is 6.32. The molecule has 0 amide bonds. The van der Waals surface area contributed by atoms with Crippen molar-refractivity contribution in [3.63, 3.8) is 0 Å². The van der Waals surface area contributed by atoms with Crippen molar-refractivity contribution >= 4 is 0 Å². The van der Waals surface area contributed by atoms with Gasteiger partial charge in [0.25, 0.3) is 0 Å². The third-order valence-electron chi connectivity index (χ3n) is 8.41. The molecule has 3 heterocycles. The van der Waals surface area contributed by atoms with Crippen molar-refractivity contribution < 1.29 is 0 Å². The highest BCUT2D eigenvalue weighted by molar-refractivity contribution is 5.17. The molecule has 3 aromatic heterocycles. The van der Waals surface area contributed by atoms with E-state index in [9.17, 15) is 0 Å². The van der Waals surface area contributed by atoms with Gasteiger partial charge in [0, 0.05) is 57.9 Å². The van der Waals surface area contributed by atoms with Crippen LogP contribution in [0.25, 0.3) is 0 Å². The molecular formula is C42H45N7. The highest BCUT2D eigenvalue weighted by atomic mass is 15.2. The number of aromatic nitrogens is 3. The molecule has 3 aromatic carbocycles. The van der Waals surface area contributed by atoms with Gasteiger partial charge in [-0.25, -0.2) is 0 Å². The van der Waals surface area contributed by atoms with E-state index < -0.39 is 0 Å². The Hall–Kier alpha value is -5.53. The second-order valence-electron chi connectivity index (χ2n) is 12.0. The van der Waals surface area contributed by atoms with Gasteiger partial charge in [0.1, 0.15) is 16.5 Å². The van der Waals surface area contributed by atoms with Crippen LogP contribution in [-0.2, 0) is 19.6 Å². The molecule has 7 nitrogen and oxygen atoms in total. The Labute approximate surface area is 289 Å². The van der Waals surface area contributed by atoms with Gasteiger partial charge in [0.2, 0.25) is 0 Å². The van der Waals surface area contributed by atoms with Crippen molar-refractivity contribution in [2.75, 3.05) is 39.3 Å². The lowest BCUT2D eigenvalue weighted by molar-refractivity contribution is 0.295. The van der Waals surface area contributed by atoms with Gasteiger partial charge in [-0.15, -0.1) is 0 Å². The molecule has 0 aliphatic heterocycles. The summed E-state index contributed by atoms with van der Waals surface area (Å²) in [4.78, 5) is 17.6. The number of benzene rings is 3. The molecule has 0 saturated carbocycles. The van der Waals surface area contributed by atoms with Crippen LogP contribution in [0.1, 0.15) is 16.7 Å². The minimum absolute atomic E-state index is 0.692. The van der Waals surface area contributed by atoms with Gasteiger partial charge in [0.15, 0.2) is 0 Å². The molecular weight excluding hydrogens is 603 g/mol. The maximum absolute atomic E-state index is 5.05. The van der Waals surface area contributed by atoms with E-state index in [0.717, 1.165) is 55.7 Å². The molecule has 0 saturated heterocycles. The van der Waals surface area contributed by atoms with E-state index in [1.165, 1.54) is 16.7 Å². The summed E-state index contributed by atoms with van der Waals surface area (Å²) in [5, 5.41) is 0. The van der Waals surface area contributed by atoms with Crippen LogP contribution in [0.5, 0.6) is 0 Å². The number of hydrogen-bond donors (Lipinski definition) is 0. The van der Waals surface area contributed by atoms with Crippen LogP contribution < -0.4 is 16.5 Å². The van der Waals surface area contributed by atoms with Crippen molar-refractivity contribution in [1.29, 1.82) is 0 Å². The molecule has 6 aromatic rings. The van der Waals surface area contributed by atoms with Crippen molar-refractivity contribution in [2.45, 2.75) is 19.6 Å². The van der Waals surface area contributed by atoms with E-state index in [-0.39, 0.29) is 0 Å². The summed E-state index contributed by atoms with van der Waals surface area (Å²) in [5.41, 5.74) is 6.73. The van der Waals surface area contributed by atoms with Crippen LogP contribution in [0.2, 0.25) is 0 Å². The fourth-order valence-electron chi connectivity index (χ4n) is 5.83. The molecule has 0 bridgehead atoms. The van der Waals surface area contributed by atoms with Gasteiger partial charge in [-0.3, -0.25) is 19.9 Å². The fraction of sp³-hybridized carbons (Fsp3) is 0.214. The normalized spacial score (nSPS) is 12.6. The second kappa shape index (κ2) is 18.1. The van der Waals surface area contributed by atoms with Crippen molar-refractivity contribution in [3.05, 3.63) is 197 Å². The maximum atomic E-state index is 5.05. The Bertz CT molecular complexity index is 1820. The second-order valence-corrected chi connectivity index (χ2v) is 12.0. The van der Waals surface area contributed by atoms with Gasteiger partial charge < -0.3 is 13.7 Å². The molecule has 6 rings (SSSR count). The van der Waals surface area contributed by atoms with E-state index in [2.05, 4.69) is 183 Å². The smallest absolute Gasteiger partial charge is 0.127 e.